The average molecular weight is 272 g/mol. The zero-order valence-corrected chi connectivity index (χ0v) is 11.5. The Kier molecular flexibility index (Phi) is 6.80. The van der Waals surface area contributed by atoms with Crippen LogP contribution < -0.4 is 5.32 Å². The van der Waals surface area contributed by atoms with Crippen LogP contribution in [0.5, 0.6) is 0 Å². The summed E-state index contributed by atoms with van der Waals surface area (Å²) in [7, 11) is 1.84. The molecule has 19 heavy (non-hydrogen) atoms. The van der Waals surface area contributed by atoms with Crippen molar-refractivity contribution >= 4 is 11.9 Å². The zero-order chi connectivity index (χ0) is 14.3. The van der Waals surface area contributed by atoms with Gasteiger partial charge in [-0.25, -0.2) is 0 Å². The molecule has 1 aliphatic rings. The maximum absolute atomic E-state index is 11.7. The summed E-state index contributed by atoms with van der Waals surface area (Å²) in [6.45, 7) is 0.626. The van der Waals surface area contributed by atoms with Crippen molar-refractivity contribution in [1.82, 2.24) is 10.2 Å². The molecular formula is C13H24N2O4. The number of carboxylic acids is 1. The first-order valence-corrected chi connectivity index (χ1v) is 6.87. The van der Waals surface area contributed by atoms with Crippen LogP contribution in [-0.4, -0.2) is 59.3 Å². The van der Waals surface area contributed by atoms with Crippen molar-refractivity contribution in [2.75, 3.05) is 20.1 Å². The third-order valence-corrected chi connectivity index (χ3v) is 3.54. The van der Waals surface area contributed by atoms with E-state index in [-0.39, 0.29) is 31.0 Å². The number of carboxylic acid groups (broad SMARTS) is 1. The number of carbonyl (C=O) groups is 2. The molecule has 0 bridgehead atoms. The van der Waals surface area contributed by atoms with Gasteiger partial charge in [-0.3, -0.25) is 14.5 Å². The maximum Gasteiger partial charge on any atom is 0.303 e. The molecule has 2 atom stereocenters. The van der Waals surface area contributed by atoms with E-state index in [2.05, 4.69) is 5.32 Å². The molecule has 0 heterocycles. The Morgan fingerprint density at radius 1 is 1.32 bits per heavy atom. The van der Waals surface area contributed by atoms with Crippen molar-refractivity contribution in [2.24, 2.45) is 0 Å². The van der Waals surface area contributed by atoms with Crippen molar-refractivity contribution in [3.05, 3.63) is 0 Å². The maximum atomic E-state index is 11.7. The first-order valence-electron chi connectivity index (χ1n) is 6.87. The summed E-state index contributed by atoms with van der Waals surface area (Å²) in [5.74, 6) is -0.970. The van der Waals surface area contributed by atoms with Gasteiger partial charge in [-0.1, -0.05) is 12.8 Å². The molecule has 0 spiro atoms. The standard InChI is InChI=1S/C13H24N2O4/c1-15(10-5-2-3-6-11(10)16)9-12(17)14-8-4-7-13(18)19/h10-11,16H,2-9H2,1H3,(H,14,17)(H,18,19). The van der Waals surface area contributed by atoms with Crippen LogP contribution in [0.4, 0.5) is 0 Å². The minimum Gasteiger partial charge on any atom is -0.481 e. The van der Waals surface area contributed by atoms with E-state index in [1.54, 1.807) is 0 Å². The fraction of sp³-hybridized carbons (Fsp3) is 0.846. The Morgan fingerprint density at radius 2 is 2.00 bits per heavy atom. The summed E-state index contributed by atoms with van der Waals surface area (Å²) in [5.41, 5.74) is 0. The van der Waals surface area contributed by atoms with E-state index >= 15 is 0 Å². The van der Waals surface area contributed by atoms with Gasteiger partial charge in [-0.05, 0) is 26.3 Å². The molecule has 0 aliphatic heterocycles. The van der Waals surface area contributed by atoms with Crippen LogP contribution in [0.3, 0.4) is 0 Å². The minimum atomic E-state index is -0.850. The molecule has 1 saturated carbocycles. The van der Waals surface area contributed by atoms with Crippen LogP contribution in [-0.2, 0) is 9.59 Å². The van der Waals surface area contributed by atoms with E-state index in [9.17, 15) is 14.7 Å². The molecule has 3 N–H and O–H groups in total. The highest BCUT2D eigenvalue weighted by Gasteiger charge is 2.27. The van der Waals surface area contributed by atoms with Crippen LogP contribution in [0.2, 0.25) is 0 Å². The van der Waals surface area contributed by atoms with Crippen molar-refractivity contribution in [3.63, 3.8) is 0 Å². The van der Waals surface area contributed by atoms with Gasteiger partial charge in [-0.15, -0.1) is 0 Å². The van der Waals surface area contributed by atoms with Crippen molar-refractivity contribution in [3.8, 4) is 0 Å². The molecule has 1 fully saturated rings. The summed E-state index contributed by atoms with van der Waals surface area (Å²) >= 11 is 0. The number of aliphatic carboxylic acids is 1. The molecule has 0 radical (unpaired) electrons. The fourth-order valence-corrected chi connectivity index (χ4v) is 2.47. The number of aliphatic hydroxyl groups excluding tert-OH is 1. The number of likely N-dealkylation sites (N-methyl/N-ethyl adjacent to an activating group) is 1. The van der Waals surface area contributed by atoms with Crippen LogP contribution in [0.1, 0.15) is 38.5 Å². The SMILES string of the molecule is CN(CC(=O)NCCCC(=O)O)C1CCCCC1O. The molecule has 6 heteroatoms. The largest absolute Gasteiger partial charge is 0.481 e. The number of rotatable bonds is 7. The Balaban J connectivity index is 2.21. The first kappa shape index (κ1) is 15.9. The Labute approximate surface area is 113 Å². The molecule has 0 aromatic rings. The van der Waals surface area contributed by atoms with E-state index in [1.807, 2.05) is 11.9 Å². The molecular weight excluding hydrogens is 248 g/mol. The Morgan fingerprint density at radius 3 is 2.63 bits per heavy atom. The van der Waals surface area contributed by atoms with Crippen LogP contribution in [0.15, 0.2) is 0 Å². The minimum absolute atomic E-state index is 0.0542. The van der Waals surface area contributed by atoms with E-state index in [1.165, 1.54) is 0 Å². The lowest BCUT2D eigenvalue weighted by Crippen LogP contribution is -2.47. The van der Waals surface area contributed by atoms with Gasteiger partial charge in [0, 0.05) is 19.0 Å². The lowest BCUT2D eigenvalue weighted by molar-refractivity contribution is -0.137. The van der Waals surface area contributed by atoms with Crippen LogP contribution in [0.25, 0.3) is 0 Å². The molecule has 0 aromatic carbocycles. The predicted octanol–water partition coefficient (Wildman–Crippen LogP) is 0.203. The van der Waals surface area contributed by atoms with Crippen LogP contribution in [0, 0.1) is 0 Å². The van der Waals surface area contributed by atoms with Gasteiger partial charge < -0.3 is 15.5 Å². The number of aliphatic hydroxyl groups is 1. The summed E-state index contributed by atoms with van der Waals surface area (Å²) in [6.07, 6.45) is 4.02. The molecule has 1 amide bonds. The normalized spacial score (nSPS) is 23.3. The summed E-state index contributed by atoms with van der Waals surface area (Å²) < 4.78 is 0. The second kappa shape index (κ2) is 8.12. The summed E-state index contributed by atoms with van der Waals surface area (Å²) in [6, 6.07) is 0.0542. The number of amides is 1. The molecule has 0 saturated heterocycles. The summed E-state index contributed by atoms with van der Waals surface area (Å²) in [5, 5.41) is 21.1. The average Bonchev–Trinajstić information content (AvgIpc) is 2.35. The van der Waals surface area contributed by atoms with Crippen LogP contribution >= 0.6 is 0 Å². The monoisotopic (exact) mass is 272 g/mol. The fourth-order valence-electron chi connectivity index (χ4n) is 2.47. The van der Waals surface area contributed by atoms with Gasteiger partial charge in [0.1, 0.15) is 0 Å². The number of nitrogens with one attached hydrogen (secondary N) is 1. The van der Waals surface area contributed by atoms with E-state index in [0.717, 1.165) is 25.7 Å². The summed E-state index contributed by atoms with van der Waals surface area (Å²) in [4.78, 5) is 23.9. The van der Waals surface area contributed by atoms with Crippen molar-refractivity contribution in [2.45, 2.75) is 50.7 Å². The second-order valence-corrected chi connectivity index (χ2v) is 5.18. The Hall–Kier alpha value is -1.14. The topological polar surface area (TPSA) is 89.9 Å². The smallest absolute Gasteiger partial charge is 0.303 e. The molecule has 1 rings (SSSR count). The van der Waals surface area contributed by atoms with E-state index < -0.39 is 5.97 Å². The quantitative estimate of drug-likeness (QED) is 0.576. The molecule has 0 aromatic heterocycles. The van der Waals surface area contributed by atoms with Crippen molar-refractivity contribution in [1.29, 1.82) is 0 Å². The van der Waals surface area contributed by atoms with Gasteiger partial charge >= 0.3 is 5.97 Å². The third-order valence-electron chi connectivity index (χ3n) is 3.54. The van der Waals surface area contributed by atoms with Gasteiger partial charge in [0.25, 0.3) is 0 Å². The zero-order valence-electron chi connectivity index (χ0n) is 11.5. The molecule has 6 nitrogen and oxygen atoms in total. The predicted molar refractivity (Wildman–Crippen MR) is 70.8 cm³/mol. The Bertz CT molecular complexity index is 309. The molecule has 1 aliphatic carbocycles. The molecule has 110 valence electrons. The highest BCUT2D eigenvalue weighted by molar-refractivity contribution is 5.78. The van der Waals surface area contributed by atoms with Crippen molar-refractivity contribution < 1.29 is 19.8 Å². The van der Waals surface area contributed by atoms with Gasteiger partial charge in [0.15, 0.2) is 0 Å². The number of carbonyl (C=O) groups excluding carboxylic acids is 1. The van der Waals surface area contributed by atoms with Gasteiger partial charge in [0.05, 0.1) is 12.6 Å². The number of nitrogens with zero attached hydrogens (tertiary/aromatic N) is 1. The van der Waals surface area contributed by atoms with E-state index in [0.29, 0.717) is 13.0 Å². The third kappa shape index (κ3) is 6.02. The number of hydrogen-bond acceptors (Lipinski definition) is 4. The lowest BCUT2D eigenvalue weighted by atomic mass is 9.91. The van der Waals surface area contributed by atoms with Gasteiger partial charge in [0.2, 0.25) is 5.91 Å². The highest BCUT2D eigenvalue weighted by Crippen LogP contribution is 2.21. The highest BCUT2D eigenvalue weighted by atomic mass is 16.4. The number of hydrogen-bond donors (Lipinski definition) is 3. The second-order valence-electron chi connectivity index (χ2n) is 5.18. The molecule has 2 unspecified atom stereocenters. The van der Waals surface area contributed by atoms with E-state index in [4.69, 9.17) is 5.11 Å². The lowest BCUT2D eigenvalue weighted by Gasteiger charge is -2.34. The first-order chi connectivity index (χ1) is 9.00. The van der Waals surface area contributed by atoms with Gasteiger partial charge in [-0.2, -0.15) is 0 Å².